The number of non-ortho nitro benzene ring substituents is 1. The predicted octanol–water partition coefficient (Wildman–Crippen LogP) is 0.756. The third-order valence-electron chi connectivity index (χ3n) is 5.31. The lowest BCUT2D eigenvalue weighted by atomic mass is 10.1. The summed E-state index contributed by atoms with van der Waals surface area (Å²) in [5, 5.41) is 43.5. The van der Waals surface area contributed by atoms with Crippen LogP contribution in [0, 0.1) is 20.2 Å². The van der Waals surface area contributed by atoms with Crippen LogP contribution in [0.2, 0.25) is 0 Å². The van der Waals surface area contributed by atoms with E-state index in [-0.39, 0.29) is 21.1 Å². The molecule has 27 heteroatoms. The number of aromatic nitrogens is 4. The molecule has 2 unspecified atom stereocenters. The average Bonchev–Trinajstić information content (AvgIpc) is 3.42. The zero-order valence-corrected chi connectivity index (χ0v) is 24.0. The predicted molar refractivity (Wildman–Crippen MR) is 135 cm³/mol. The molecule has 6 atom stereocenters. The molecule has 1 aliphatic heterocycles. The molecule has 0 saturated carbocycles. The molecule has 0 spiro atoms. The van der Waals surface area contributed by atoms with Gasteiger partial charge in [0.2, 0.25) is 0 Å². The lowest BCUT2D eigenvalue weighted by Crippen LogP contribution is -2.33. The van der Waals surface area contributed by atoms with Gasteiger partial charge in [-0.1, -0.05) is 11.8 Å². The number of hydrogen-bond acceptors (Lipinski definition) is 17. The van der Waals surface area contributed by atoms with Crippen molar-refractivity contribution >= 4 is 57.8 Å². The van der Waals surface area contributed by atoms with E-state index in [4.69, 9.17) is 14.5 Å². The highest BCUT2D eigenvalue weighted by molar-refractivity contribution is 7.99. The van der Waals surface area contributed by atoms with Crippen LogP contribution in [0.1, 0.15) is 6.23 Å². The number of nitrogens with zero attached hydrogens (tertiary/aromatic N) is 6. The molecule has 4 rings (SSSR count). The third kappa shape index (κ3) is 7.84. The number of rotatable bonds is 12. The number of phosphoric ester groups is 1. The first kappa shape index (κ1) is 33.1. The van der Waals surface area contributed by atoms with Crippen LogP contribution in [0.15, 0.2) is 40.8 Å². The lowest BCUT2D eigenvalue weighted by Gasteiger charge is -2.19. The quantitative estimate of drug-likeness (QED) is 0.0660. The molecule has 23 nitrogen and oxygen atoms in total. The second-order valence-corrected chi connectivity index (χ2v) is 13.7. The minimum atomic E-state index is -5.80. The van der Waals surface area contributed by atoms with Crippen LogP contribution in [0.4, 0.5) is 11.4 Å². The maximum Gasteiger partial charge on any atom is 0.490 e. The summed E-state index contributed by atoms with van der Waals surface area (Å²) in [5.41, 5.74) is -1.09. The molecule has 234 valence electrons. The standard InChI is InChI=1S/C16H17N6O17P3S/c23-12-9(4-36-41(32,33)39-42(34,35)38-40(29,30)31)37-16(13(12)24)20-6-19-11-14(20)17-5-18-15(11)43-10-2-1-7(21(25)26)3-8(10)22(27)28/h1-3,5-6,9,12-13,16,23-24H,4H2,(H,32,33)(H,34,35)(H2,29,30,31)/t9-,12-,13-,16-/m1/s1. The molecule has 1 aliphatic rings. The van der Waals surface area contributed by atoms with E-state index in [0.29, 0.717) is 0 Å². The van der Waals surface area contributed by atoms with E-state index in [1.807, 2.05) is 0 Å². The minimum Gasteiger partial charge on any atom is -0.387 e. The third-order valence-corrected chi connectivity index (χ3v) is 10.2. The van der Waals surface area contributed by atoms with Crippen LogP contribution in [0.25, 0.3) is 11.2 Å². The Bertz CT molecular complexity index is 1720. The van der Waals surface area contributed by atoms with E-state index in [1.54, 1.807) is 0 Å². The van der Waals surface area contributed by atoms with Crippen LogP contribution in [-0.4, -0.2) is 84.1 Å². The van der Waals surface area contributed by atoms with Gasteiger partial charge in [-0.2, -0.15) is 8.62 Å². The zero-order valence-electron chi connectivity index (χ0n) is 20.5. The number of nitro benzene ring substituents is 2. The van der Waals surface area contributed by atoms with Crippen LogP contribution in [0.5, 0.6) is 0 Å². The van der Waals surface area contributed by atoms with Gasteiger partial charge in [0.05, 0.1) is 33.7 Å². The Morgan fingerprint density at radius 1 is 0.977 bits per heavy atom. The fourth-order valence-electron chi connectivity index (χ4n) is 3.61. The maximum atomic E-state index is 12.0. The van der Waals surface area contributed by atoms with Crippen molar-refractivity contribution in [1.82, 2.24) is 19.5 Å². The molecule has 43 heavy (non-hydrogen) atoms. The molecule has 1 fully saturated rings. The second-order valence-electron chi connectivity index (χ2n) is 8.20. The molecular formula is C16H17N6O17P3S. The number of imidazole rings is 1. The number of phosphoric acid groups is 3. The largest absolute Gasteiger partial charge is 0.490 e. The smallest absolute Gasteiger partial charge is 0.387 e. The van der Waals surface area contributed by atoms with Crippen LogP contribution in [-0.2, 0) is 31.6 Å². The maximum absolute atomic E-state index is 12.0. The van der Waals surface area contributed by atoms with E-state index in [1.165, 1.54) is 0 Å². The number of fused-ring (bicyclic) bond motifs is 1. The van der Waals surface area contributed by atoms with Gasteiger partial charge in [0, 0.05) is 6.07 Å². The van der Waals surface area contributed by atoms with Gasteiger partial charge >= 0.3 is 23.5 Å². The van der Waals surface area contributed by atoms with Crippen LogP contribution >= 0.6 is 35.2 Å². The monoisotopic (exact) mass is 690 g/mol. The Hall–Kier alpha value is -2.79. The van der Waals surface area contributed by atoms with E-state index in [9.17, 15) is 53.9 Å². The summed E-state index contributed by atoms with van der Waals surface area (Å²) in [7, 11) is -17.0. The highest BCUT2D eigenvalue weighted by Crippen LogP contribution is 2.66. The number of nitro groups is 2. The Morgan fingerprint density at radius 3 is 2.30 bits per heavy atom. The van der Waals surface area contributed by atoms with E-state index in [0.717, 1.165) is 47.2 Å². The van der Waals surface area contributed by atoms with Gasteiger partial charge in [-0.15, -0.1) is 0 Å². The van der Waals surface area contributed by atoms with Crippen molar-refractivity contribution in [3.63, 3.8) is 0 Å². The fourth-order valence-corrected chi connectivity index (χ4v) is 7.56. The molecule has 3 aromatic rings. The first-order valence-corrected chi connectivity index (χ1v) is 16.3. The number of aliphatic hydroxyl groups excluding tert-OH is 2. The molecule has 0 bridgehead atoms. The van der Waals surface area contributed by atoms with Gasteiger partial charge < -0.3 is 34.5 Å². The highest BCUT2D eigenvalue weighted by Gasteiger charge is 2.47. The van der Waals surface area contributed by atoms with Crippen molar-refractivity contribution < 1.29 is 71.2 Å². The van der Waals surface area contributed by atoms with Gasteiger partial charge in [0.25, 0.3) is 11.4 Å². The van der Waals surface area contributed by atoms with Gasteiger partial charge in [-0.3, -0.25) is 29.3 Å². The van der Waals surface area contributed by atoms with E-state index >= 15 is 0 Å². The van der Waals surface area contributed by atoms with Crippen molar-refractivity contribution in [2.45, 2.75) is 34.5 Å². The molecule has 2 aromatic heterocycles. The second kappa shape index (κ2) is 12.3. The SMILES string of the molecule is O=[N+]([O-])c1ccc(Sc2ncnc3c2ncn3[C@@H]2O[C@H](COP(=O)(O)OP(=O)(O)OP(=O)(O)O)[C@@H](O)[C@H]2O)c([N+](=O)[O-])c1. The summed E-state index contributed by atoms with van der Waals surface area (Å²) in [6.07, 6.45) is -4.51. The first-order chi connectivity index (χ1) is 19.9. The normalized spacial score (nSPS) is 23.6. The van der Waals surface area contributed by atoms with Gasteiger partial charge in [0.1, 0.15) is 35.2 Å². The van der Waals surface area contributed by atoms with Crippen LogP contribution in [0.3, 0.4) is 0 Å². The number of ether oxygens (including phenoxy) is 1. The van der Waals surface area contributed by atoms with Gasteiger partial charge in [-0.05, 0) is 6.07 Å². The van der Waals surface area contributed by atoms with E-state index < -0.39 is 75.8 Å². The van der Waals surface area contributed by atoms with Gasteiger partial charge in [-0.25, -0.2) is 28.6 Å². The summed E-state index contributed by atoms with van der Waals surface area (Å²) < 4.78 is 52.4. The van der Waals surface area contributed by atoms with Crippen LogP contribution < -0.4 is 0 Å². The molecule has 3 heterocycles. The van der Waals surface area contributed by atoms with Gasteiger partial charge in [0.15, 0.2) is 11.9 Å². The topological polar surface area (TPSA) is 339 Å². The van der Waals surface area contributed by atoms with Crippen molar-refractivity contribution in [2.75, 3.05) is 6.61 Å². The Balaban J connectivity index is 1.52. The number of aliphatic hydroxyl groups is 2. The number of hydrogen-bond donors (Lipinski definition) is 6. The summed E-state index contributed by atoms with van der Waals surface area (Å²) in [5.74, 6) is 0. The first-order valence-electron chi connectivity index (χ1n) is 11.0. The lowest BCUT2D eigenvalue weighted by molar-refractivity contribution is -0.396. The van der Waals surface area contributed by atoms with Crippen molar-refractivity contribution in [3.05, 3.63) is 51.1 Å². The molecule has 0 radical (unpaired) electrons. The molecular weight excluding hydrogens is 673 g/mol. The summed E-state index contributed by atoms with van der Waals surface area (Å²) in [4.78, 5) is 69.1. The number of benzene rings is 1. The Morgan fingerprint density at radius 2 is 1.67 bits per heavy atom. The molecule has 1 saturated heterocycles. The van der Waals surface area contributed by atoms with Crippen molar-refractivity contribution in [2.24, 2.45) is 0 Å². The van der Waals surface area contributed by atoms with E-state index in [2.05, 4.69) is 28.1 Å². The minimum absolute atomic E-state index is 0.0214. The summed E-state index contributed by atoms with van der Waals surface area (Å²) >= 11 is 0.730. The summed E-state index contributed by atoms with van der Waals surface area (Å²) in [6.45, 7) is -1.06. The fraction of sp³-hybridized carbons (Fsp3) is 0.312. The Labute approximate surface area is 240 Å². The molecule has 6 N–H and O–H groups in total. The van der Waals surface area contributed by atoms with Crippen molar-refractivity contribution in [3.8, 4) is 0 Å². The zero-order chi connectivity index (χ0) is 31.9. The molecule has 1 aromatic carbocycles. The molecule has 0 amide bonds. The average molecular weight is 690 g/mol. The highest BCUT2D eigenvalue weighted by atomic mass is 32.2. The summed E-state index contributed by atoms with van der Waals surface area (Å²) in [6, 6.07) is 2.97. The Kier molecular flexibility index (Phi) is 9.47. The van der Waals surface area contributed by atoms with Crippen molar-refractivity contribution in [1.29, 1.82) is 0 Å². The molecule has 0 aliphatic carbocycles.